The zero-order valence-corrected chi connectivity index (χ0v) is 30.6. The number of nitrogens with one attached hydrogen (secondary N) is 4. The number of rotatable bonds is 18. The van der Waals surface area contributed by atoms with Crippen LogP contribution in [0, 0.1) is 17.8 Å². The highest BCUT2D eigenvalue weighted by atomic mass is 16.4. The van der Waals surface area contributed by atoms with Crippen molar-refractivity contribution in [3.63, 3.8) is 0 Å². The summed E-state index contributed by atoms with van der Waals surface area (Å²) in [5, 5.41) is 20.2. The molecule has 2 aromatic rings. The summed E-state index contributed by atoms with van der Waals surface area (Å²) in [4.78, 5) is 102. The summed E-state index contributed by atoms with van der Waals surface area (Å²) in [7, 11) is 0. The number of benzene rings is 1. The lowest BCUT2D eigenvalue weighted by Crippen LogP contribution is -2.60. The highest BCUT2D eigenvalue weighted by Crippen LogP contribution is 2.29. The predicted molar refractivity (Wildman–Crippen MR) is 190 cm³/mol. The van der Waals surface area contributed by atoms with Gasteiger partial charge in [0.2, 0.25) is 23.5 Å². The van der Waals surface area contributed by atoms with Crippen molar-refractivity contribution in [3.05, 3.63) is 60.2 Å². The maximum absolute atomic E-state index is 14.2. The molecule has 0 aliphatic carbocycles. The highest BCUT2D eigenvalue weighted by molar-refractivity contribution is 6.38. The normalized spacial score (nSPS) is 17.8. The van der Waals surface area contributed by atoms with Crippen LogP contribution in [0.2, 0.25) is 0 Å². The van der Waals surface area contributed by atoms with Crippen molar-refractivity contribution in [2.75, 3.05) is 6.54 Å². The van der Waals surface area contributed by atoms with Crippen molar-refractivity contribution in [1.29, 1.82) is 0 Å². The van der Waals surface area contributed by atoms with Crippen molar-refractivity contribution in [2.45, 2.75) is 104 Å². The van der Waals surface area contributed by atoms with E-state index < -0.39 is 77.4 Å². The molecule has 1 fully saturated rings. The Hall–Kier alpha value is -5.21. The second kappa shape index (κ2) is 19.4. The SMILES string of the molecule is CCC[C@H](NC(=O)[C@@H]1[C@@H](CC)CCN1C(=O)[C@H](NC(=O)[C@H](NC(=O)c1cnccn1)C(C)C)C(C)C)C(=O)C(=O)N[C@@H](Cc1ccccc1)C(=O)O. The summed E-state index contributed by atoms with van der Waals surface area (Å²) < 4.78 is 0. The first-order valence-electron chi connectivity index (χ1n) is 17.8. The van der Waals surface area contributed by atoms with Crippen molar-refractivity contribution in [1.82, 2.24) is 36.1 Å². The molecule has 1 saturated heterocycles. The maximum atomic E-state index is 14.2. The van der Waals surface area contributed by atoms with Crippen LogP contribution in [0.1, 0.15) is 83.3 Å². The van der Waals surface area contributed by atoms with Gasteiger partial charge in [0.25, 0.3) is 11.8 Å². The first-order valence-corrected chi connectivity index (χ1v) is 17.8. The van der Waals surface area contributed by atoms with Crippen LogP contribution < -0.4 is 21.3 Å². The number of nitrogens with zero attached hydrogens (tertiary/aromatic N) is 3. The van der Waals surface area contributed by atoms with E-state index in [0.29, 0.717) is 24.8 Å². The minimum atomic E-state index is -1.37. The van der Waals surface area contributed by atoms with Crippen molar-refractivity contribution in [2.24, 2.45) is 17.8 Å². The fourth-order valence-electron chi connectivity index (χ4n) is 6.24. The molecule has 2 heterocycles. The lowest BCUT2D eigenvalue weighted by molar-refractivity contribution is -0.146. The van der Waals surface area contributed by atoms with E-state index in [-0.39, 0.29) is 36.9 Å². The van der Waals surface area contributed by atoms with Gasteiger partial charge in [0.05, 0.1) is 12.2 Å². The van der Waals surface area contributed by atoms with Crippen LogP contribution in [-0.2, 0) is 35.2 Å². The molecular weight excluding hydrogens is 670 g/mol. The molecule has 5 amide bonds. The maximum Gasteiger partial charge on any atom is 0.326 e. The van der Waals surface area contributed by atoms with Gasteiger partial charge in [-0.25, -0.2) is 9.78 Å². The van der Waals surface area contributed by atoms with E-state index in [9.17, 15) is 38.7 Å². The average molecular weight is 722 g/mol. The number of carbonyl (C=O) groups is 7. The predicted octanol–water partition coefficient (Wildman–Crippen LogP) is 1.67. The zero-order valence-electron chi connectivity index (χ0n) is 30.6. The fraction of sp³-hybridized carbons (Fsp3) is 0.541. The second-order valence-corrected chi connectivity index (χ2v) is 13.7. The number of hydrogen-bond donors (Lipinski definition) is 5. The third-order valence-corrected chi connectivity index (χ3v) is 9.18. The molecule has 0 saturated carbocycles. The Kier molecular flexibility index (Phi) is 15.4. The van der Waals surface area contributed by atoms with Crippen LogP contribution in [-0.4, -0.2) is 98.0 Å². The molecule has 0 bridgehead atoms. The molecule has 5 N–H and O–H groups in total. The molecule has 0 unspecified atom stereocenters. The molecule has 0 radical (unpaired) electrons. The number of ketones is 1. The molecule has 1 aliphatic heterocycles. The molecule has 282 valence electrons. The minimum Gasteiger partial charge on any atom is -0.480 e. The molecule has 1 aromatic carbocycles. The number of carbonyl (C=O) groups excluding carboxylic acids is 6. The summed E-state index contributed by atoms with van der Waals surface area (Å²) in [6, 6.07) is 2.97. The van der Waals surface area contributed by atoms with E-state index in [2.05, 4.69) is 31.2 Å². The largest absolute Gasteiger partial charge is 0.480 e. The third kappa shape index (κ3) is 10.9. The first kappa shape index (κ1) is 41.2. The number of hydrogen-bond acceptors (Lipinski definition) is 9. The Bertz CT molecular complexity index is 1570. The van der Waals surface area contributed by atoms with E-state index in [0.717, 1.165) is 0 Å². The molecule has 0 spiro atoms. The monoisotopic (exact) mass is 721 g/mol. The van der Waals surface area contributed by atoms with Gasteiger partial charge < -0.3 is 31.3 Å². The summed E-state index contributed by atoms with van der Waals surface area (Å²) in [5.74, 6) is -6.77. The number of amides is 5. The van der Waals surface area contributed by atoms with Gasteiger partial charge in [-0.15, -0.1) is 0 Å². The van der Waals surface area contributed by atoms with E-state index in [1.54, 1.807) is 65.0 Å². The number of carboxylic acid groups (broad SMARTS) is 1. The van der Waals surface area contributed by atoms with Gasteiger partial charge in [0, 0.05) is 25.4 Å². The van der Waals surface area contributed by atoms with Crippen molar-refractivity contribution >= 4 is 41.3 Å². The molecule has 15 heteroatoms. The number of likely N-dealkylation sites (tertiary alicyclic amines) is 1. The van der Waals surface area contributed by atoms with Crippen LogP contribution >= 0.6 is 0 Å². The van der Waals surface area contributed by atoms with Crippen molar-refractivity contribution in [3.8, 4) is 0 Å². The van der Waals surface area contributed by atoms with Crippen LogP contribution in [0.15, 0.2) is 48.9 Å². The number of Topliss-reactive ketones (excluding diaryl/α,β-unsaturated/α-hetero) is 1. The van der Waals surface area contributed by atoms with Crippen LogP contribution in [0.25, 0.3) is 0 Å². The van der Waals surface area contributed by atoms with Crippen molar-refractivity contribution < 1.29 is 38.7 Å². The summed E-state index contributed by atoms with van der Waals surface area (Å²) in [6.07, 6.45) is 5.57. The Balaban J connectivity index is 1.77. The summed E-state index contributed by atoms with van der Waals surface area (Å²) >= 11 is 0. The van der Waals surface area contributed by atoms with E-state index in [4.69, 9.17) is 0 Å². The van der Waals surface area contributed by atoms with Crippen LogP contribution in [0.4, 0.5) is 0 Å². The Labute approximate surface area is 304 Å². The molecule has 1 aliphatic rings. The van der Waals surface area contributed by atoms with Gasteiger partial charge in [-0.2, -0.15) is 0 Å². The fourth-order valence-corrected chi connectivity index (χ4v) is 6.24. The van der Waals surface area contributed by atoms with E-state index >= 15 is 0 Å². The summed E-state index contributed by atoms with van der Waals surface area (Å²) in [5.41, 5.74) is 0.681. The molecule has 52 heavy (non-hydrogen) atoms. The topological polar surface area (TPSA) is 217 Å². The Morgan fingerprint density at radius 1 is 0.865 bits per heavy atom. The van der Waals surface area contributed by atoms with Crippen LogP contribution in [0.5, 0.6) is 0 Å². The quantitative estimate of drug-likeness (QED) is 0.140. The number of aromatic nitrogens is 2. The average Bonchev–Trinajstić information content (AvgIpc) is 3.56. The minimum absolute atomic E-state index is 0.0280. The van der Waals surface area contributed by atoms with E-state index in [1.165, 1.54) is 23.5 Å². The molecule has 15 nitrogen and oxygen atoms in total. The lowest BCUT2D eigenvalue weighted by Gasteiger charge is -2.33. The standard InChI is InChI=1S/C37H51N7O8/c1-7-12-25(31(45)35(49)41-26(37(51)52)19-23-13-10-9-11-14-23)40-34(48)30-24(8-2)15-18-44(30)36(50)29(22(5)6)43-33(47)28(21(3)4)42-32(46)27-20-38-16-17-39-27/h9-11,13-14,16-17,20-22,24-26,28-30H,7-8,12,15,18-19H2,1-6H3,(H,40,48)(H,41,49)(H,42,46)(H,43,47)(H,51,52)/t24-,25-,26-,28+,29+,30-/m0/s1. The van der Waals surface area contributed by atoms with Gasteiger partial charge in [-0.05, 0) is 36.2 Å². The van der Waals surface area contributed by atoms with Gasteiger partial charge in [-0.3, -0.25) is 33.8 Å². The van der Waals surface area contributed by atoms with Gasteiger partial charge in [-0.1, -0.05) is 84.7 Å². The van der Waals surface area contributed by atoms with E-state index in [1.807, 2.05) is 6.92 Å². The molecule has 3 rings (SSSR count). The Morgan fingerprint density at radius 2 is 1.54 bits per heavy atom. The number of aliphatic carboxylic acids is 1. The van der Waals surface area contributed by atoms with Gasteiger partial charge >= 0.3 is 5.97 Å². The molecule has 1 aromatic heterocycles. The van der Waals surface area contributed by atoms with Crippen LogP contribution in [0.3, 0.4) is 0 Å². The summed E-state index contributed by atoms with van der Waals surface area (Å²) in [6.45, 7) is 10.9. The Morgan fingerprint density at radius 3 is 2.10 bits per heavy atom. The molecular formula is C37H51N7O8. The lowest BCUT2D eigenvalue weighted by atomic mass is 9.94. The first-order chi connectivity index (χ1) is 24.7. The zero-order chi connectivity index (χ0) is 38.5. The van der Waals surface area contributed by atoms with Gasteiger partial charge in [0.1, 0.15) is 29.9 Å². The third-order valence-electron chi connectivity index (χ3n) is 9.18. The highest BCUT2D eigenvalue weighted by Gasteiger charge is 2.45. The second-order valence-electron chi connectivity index (χ2n) is 13.7. The van der Waals surface area contributed by atoms with Gasteiger partial charge in [0.15, 0.2) is 0 Å². The molecule has 6 atom stereocenters. The number of carboxylic acids is 1. The smallest absolute Gasteiger partial charge is 0.326 e.